The van der Waals surface area contributed by atoms with Crippen LogP contribution in [0.25, 0.3) is 0 Å². The number of benzene rings is 1. The van der Waals surface area contributed by atoms with Gasteiger partial charge in [-0.15, -0.1) is 0 Å². The van der Waals surface area contributed by atoms with Crippen molar-refractivity contribution in [3.63, 3.8) is 0 Å². The molecule has 106 valence electrons. The highest BCUT2D eigenvalue weighted by molar-refractivity contribution is 7.90. The van der Waals surface area contributed by atoms with Crippen LogP contribution in [-0.4, -0.2) is 33.8 Å². The average Bonchev–Trinajstić information content (AvgIpc) is 2.35. The molecule has 0 fully saturated rings. The van der Waals surface area contributed by atoms with Gasteiger partial charge in [0.15, 0.2) is 9.84 Å². The molecule has 1 unspecified atom stereocenters. The highest BCUT2D eigenvalue weighted by Gasteiger charge is 2.19. The Morgan fingerprint density at radius 3 is 2.58 bits per heavy atom. The zero-order chi connectivity index (χ0) is 14.6. The zero-order valence-corrected chi connectivity index (χ0v) is 11.8. The summed E-state index contributed by atoms with van der Waals surface area (Å²) in [5, 5.41) is 2.65. The summed E-state index contributed by atoms with van der Waals surface area (Å²) < 4.78 is 41.0. The smallest absolute Gasteiger partial charge is 0.328 e. The van der Waals surface area contributed by atoms with E-state index in [-0.39, 0.29) is 10.6 Å². The third kappa shape index (κ3) is 3.92. The Morgan fingerprint density at radius 2 is 2.11 bits per heavy atom. The molecule has 0 aliphatic carbocycles. The maximum Gasteiger partial charge on any atom is 0.328 e. The number of ether oxygens (including phenoxy) is 1. The molecule has 0 bridgehead atoms. The summed E-state index contributed by atoms with van der Waals surface area (Å²) in [4.78, 5) is 11.4. The Bertz CT molecular complexity index is 571. The molecule has 0 spiro atoms. The van der Waals surface area contributed by atoms with Crippen LogP contribution < -0.4 is 5.32 Å². The molecule has 1 aromatic carbocycles. The fraction of sp³-hybridized carbons (Fsp3) is 0.417. The quantitative estimate of drug-likeness (QED) is 0.658. The first-order valence-corrected chi connectivity index (χ1v) is 7.52. The first kappa shape index (κ1) is 15.4. The van der Waals surface area contributed by atoms with Crippen molar-refractivity contribution >= 4 is 21.5 Å². The number of hydrogen-bond acceptors (Lipinski definition) is 5. The molecule has 0 saturated carbocycles. The summed E-state index contributed by atoms with van der Waals surface area (Å²) in [7, 11) is -2.20. The monoisotopic (exact) mass is 289 g/mol. The van der Waals surface area contributed by atoms with E-state index in [2.05, 4.69) is 10.1 Å². The summed E-state index contributed by atoms with van der Waals surface area (Å²) in [5.74, 6) is -1.17. The Balaban J connectivity index is 3.10. The Labute approximate surface area is 111 Å². The van der Waals surface area contributed by atoms with Crippen LogP contribution in [-0.2, 0) is 19.4 Å². The van der Waals surface area contributed by atoms with Gasteiger partial charge in [-0.3, -0.25) is 0 Å². The lowest BCUT2D eigenvalue weighted by atomic mass is 10.2. The van der Waals surface area contributed by atoms with Crippen molar-refractivity contribution in [2.24, 2.45) is 0 Å². The lowest BCUT2D eigenvalue weighted by Gasteiger charge is -2.16. The second-order valence-electron chi connectivity index (χ2n) is 4.04. The van der Waals surface area contributed by atoms with Gasteiger partial charge >= 0.3 is 5.97 Å². The second-order valence-corrected chi connectivity index (χ2v) is 6.06. The van der Waals surface area contributed by atoms with Crippen LogP contribution in [0.1, 0.15) is 13.3 Å². The first-order chi connectivity index (χ1) is 8.79. The molecule has 1 rings (SSSR count). The molecule has 1 N–H and O–H groups in total. The van der Waals surface area contributed by atoms with Crippen molar-refractivity contribution in [3.8, 4) is 0 Å². The summed E-state index contributed by atoms with van der Waals surface area (Å²) in [5.41, 5.74) is -0.0415. The van der Waals surface area contributed by atoms with Crippen molar-refractivity contribution in [2.75, 3.05) is 18.7 Å². The van der Waals surface area contributed by atoms with Gasteiger partial charge in [0, 0.05) is 6.26 Å². The number of rotatable bonds is 5. The maximum atomic E-state index is 13.6. The molecule has 1 atom stereocenters. The fourth-order valence-corrected chi connectivity index (χ4v) is 2.15. The highest BCUT2D eigenvalue weighted by Crippen LogP contribution is 2.21. The van der Waals surface area contributed by atoms with Gasteiger partial charge in [-0.1, -0.05) is 6.92 Å². The molecule has 1 aromatic rings. The molecule has 0 amide bonds. The predicted octanol–water partition coefficient (Wildman–Crippen LogP) is 1.59. The van der Waals surface area contributed by atoms with E-state index in [0.717, 1.165) is 18.4 Å². The Morgan fingerprint density at radius 1 is 1.47 bits per heavy atom. The second kappa shape index (κ2) is 6.01. The van der Waals surface area contributed by atoms with E-state index in [1.165, 1.54) is 13.2 Å². The SMILES string of the molecule is CCC(Nc1cc(S(C)(=O)=O)ccc1F)C(=O)OC. The topological polar surface area (TPSA) is 72.5 Å². The van der Waals surface area contributed by atoms with E-state index in [9.17, 15) is 17.6 Å². The molecular formula is C12H16FNO4S. The number of methoxy groups -OCH3 is 1. The zero-order valence-electron chi connectivity index (χ0n) is 10.9. The Kier molecular flexibility index (Phi) is 4.88. The minimum absolute atomic E-state index is 0.0175. The number of carbonyl (C=O) groups is 1. The molecule has 19 heavy (non-hydrogen) atoms. The van der Waals surface area contributed by atoms with E-state index in [1.54, 1.807) is 6.92 Å². The number of hydrogen-bond donors (Lipinski definition) is 1. The maximum absolute atomic E-state index is 13.6. The molecule has 0 aromatic heterocycles. The number of halogens is 1. The normalized spacial score (nSPS) is 12.8. The number of sulfone groups is 1. The van der Waals surface area contributed by atoms with Gasteiger partial charge in [-0.2, -0.15) is 0 Å². The fourth-order valence-electron chi connectivity index (χ4n) is 1.50. The lowest BCUT2D eigenvalue weighted by Crippen LogP contribution is -2.30. The number of esters is 1. The van der Waals surface area contributed by atoms with Gasteiger partial charge in [-0.05, 0) is 24.6 Å². The van der Waals surface area contributed by atoms with E-state index in [0.29, 0.717) is 6.42 Å². The van der Waals surface area contributed by atoms with Crippen LogP contribution in [0.5, 0.6) is 0 Å². The van der Waals surface area contributed by atoms with Gasteiger partial charge in [0.25, 0.3) is 0 Å². The molecule has 0 heterocycles. The van der Waals surface area contributed by atoms with Crippen molar-refractivity contribution in [3.05, 3.63) is 24.0 Å². The first-order valence-electron chi connectivity index (χ1n) is 5.63. The van der Waals surface area contributed by atoms with Gasteiger partial charge in [-0.25, -0.2) is 17.6 Å². The number of anilines is 1. The van der Waals surface area contributed by atoms with Crippen LogP contribution in [0.15, 0.2) is 23.1 Å². The van der Waals surface area contributed by atoms with Crippen molar-refractivity contribution < 1.29 is 22.3 Å². The van der Waals surface area contributed by atoms with Gasteiger partial charge in [0.05, 0.1) is 17.7 Å². The van der Waals surface area contributed by atoms with Gasteiger partial charge < -0.3 is 10.1 Å². The molecule has 0 aliphatic heterocycles. The summed E-state index contributed by atoms with van der Waals surface area (Å²) in [6.07, 6.45) is 1.41. The third-order valence-corrected chi connectivity index (χ3v) is 3.70. The molecule has 7 heteroatoms. The van der Waals surface area contributed by atoms with Crippen LogP contribution in [0, 0.1) is 5.82 Å². The molecule has 5 nitrogen and oxygen atoms in total. The molecule has 0 saturated heterocycles. The van der Waals surface area contributed by atoms with E-state index in [1.807, 2.05) is 0 Å². The minimum Gasteiger partial charge on any atom is -0.467 e. The number of carbonyl (C=O) groups excluding carboxylic acids is 1. The van der Waals surface area contributed by atoms with E-state index < -0.39 is 27.7 Å². The molecule has 0 radical (unpaired) electrons. The number of nitrogens with one attached hydrogen (secondary N) is 1. The minimum atomic E-state index is -3.43. The summed E-state index contributed by atoms with van der Waals surface area (Å²) in [6.45, 7) is 1.73. The summed E-state index contributed by atoms with van der Waals surface area (Å²) >= 11 is 0. The van der Waals surface area contributed by atoms with Gasteiger partial charge in [0.2, 0.25) is 0 Å². The van der Waals surface area contributed by atoms with Crippen molar-refractivity contribution in [1.29, 1.82) is 0 Å². The predicted molar refractivity (Wildman–Crippen MR) is 69.2 cm³/mol. The Hall–Kier alpha value is -1.63. The van der Waals surface area contributed by atoms with Crippen LogP contribution in [0.4, 0.5) is 10.1 Å². The van der Waals surface area contributed by atoms with Crippen molar-refractivity contribution in [1.82, 2.24) is 0 Å². The van der Waals surface area contributed by atoms with Crippen LogP contribution >= 0.6 is 0 Å². The van der Waals surface area contributed by atoms with E-state index >= 15 is 0 Å². The van der Waals surface area contributed by atoms with Crippen LogP contribution in [0.2, 0.25) is 0 Å². The largest absolute Gasteiger partial charge is 0.467 e. The highest BCUT2D eigenvalue weighted by atomic mass is 32.2. The van der Waals surface area contributed by atoms with Crippen LogP contribution in [0.3, 0.4) is 0 Å². The third-order valence-electron chi connectivity index (χ3n) is 2.59. The average molecular weight is 289 g/mol. The standard InChI is InChI=1S/C12H16FNO4S/c1-4-10(12(15)18-2)14-11-7-8(19(3,16)17)5-6-9(11)13/h5-7,10,14H,4H2,1-3H3. The lowest BCUT2D eigenvalue weighted by molar-refractivity contribution is -0.141. The molecular weight excluding hydrogens is 273 g/mol. The summed E-state index contributed by atoms with van der Waals surface area (Å²) in [6, 6.07) is 2.66. The van der Waals surface area contributed by atoms with Gasteiger partial charge in [0.1, 0.15) is 11.9 Å². The molecule has 0 aliphatic rings. The van der Waals surface area contributed by atoms with Crippen molar-refractivity contribution in [2.45, 2.75) is 24.3 Å². The van der Waals surface area contributed by atoms with E-state index in [4.69, 9.17) is 0 Å².